The Labute approximate surface area is 99.1 Å². The number of amides is 1. The van der Waals surface area contributed by atoms with Gasteiger partial charge >= 0.3 is 0 Å². The van der Waals surface area contributed by atoms with Crippen molar-refractivity contribution in [1.29, 1.82) is 5.26 Å². The van der Waals surface area contributed by atoms with E-state index in [-0.39, 0.29) is 23.3 Å². The summed E-state index contributed by atoms with van der Waals surface area (Å²) in [4.78, 5) is 11.4. The molecule has 0 aliphatic carbocycles. The maximum absolute atomic E-state index is 11.4. The Balaban J connectivity index is 2.27. The molecule has 1 aliphatic heterocycles. The average Bonchev–Trinajstić information content (AvgIpc) is 2.54. The van der Waals surface area contributed by atoms with Crippen LogP contribution in [0.25, 0.3) is 0 Å². The highest BCUT2D eigenvalue weighted by atomic mass is 16.3. The van der Waals surface area contributed by atoms with Crippen LogP contribution < -0.4 is 10.6 Å². The zero-order chi connectivity index (χ0) is 12.3. The molecule has 1 atom stereocenters. The number of rotatable bonds is 1. The topological polar surface area (TPSA) is 85.2 Å². The number of benzene rings is 1. The number of hydrogen-bond donors (Lipinski definition) is 3. The van der Waals surface area contributed by atoms with E-state index in [4.69, 9.17) is 5.26 Å². The van der Waals surface area contributed by atoms with Crippen LogP contribution in [-0.4, -0.2) is 24.1 Å². The van der Waals surface area contributed by atoms with Gasteiger partial charge < -0.3 is 15.7 Å². The minimum Gasteiger partial charge on any atom is -0.507 e. The van der Waals surface area contributed by atoms with Gasteiger partial charge in [-0.15, -0.1) is 0 Å². The van der Waals surface area contributed by atoms with Gasteiger partial charge in [0.15, 0.2) is 0 Å². The van der Waals surface area contributed by atoms with Crippen LogP contribution in [0.4, 0.5) is 0 Å². The molecule has 1 unspecified atom stereocenters. The molecule has 1 aromatic rings. The van der Waals surface area contributed by atoms with Crippen molar-refractivity contribution in [2.24, 2.45) is 0 Å². The van der Waals surface area contributed by atoms with Crippen LogP contribution in [0.2, 0.25) is 0 Å². The van der Waals surface area contributed by atoms with Gasteiger partial charge in [-0.25, -0.2) is 0 Å². The third-order valence-corrected chi connectivity index (χ3v) is 2.77. The summed E-state index contributed by atoms with van der Waals surface area (Å²) in [5.41, 5.74) is 1.07. The second kappa shape index (κ2) is 4.85. The van der Waals surface area contributed by atoms with Crippen molar-refractivity contribution in [1.82, 2.24) is 10.6 Å². The van der Waals surface area contributed by atoms with Gasteiger partial charge in [-0.05, 0) is 17.7 Å². The summed E-state index contributed by atoms with van der Waals surface area (Å²) in [5.74, 6) is -0.0408. The first kappa shape index (κ1) is 11.4. The van der Waals surface area contributed by atoms with Crippen molar-refractivity contribution in [2.75, 3.05) is 13.1 Å². The first-order chi connectivity index (χ1) is 8.20. The molecule has 2 rings (SSSR count). The van der Waals surface area contributed by atoms with E-state index in [1.807, 2.05) is 6.07 Å². The molecular formula is C12H13N3O2. The van der Waals surface area contributed by atoms with Crippen LogP contribution in [0.1, 0.15) is 23.6 Å². The van der Waals surface area contributed by atoms with Crippen LogP contribution in [0.15, 0.2) is 18.2 Å². The number of phenolic OH excluding ortho intramolecular Hbond substituents is 1. The Morgan fingerprint density at radius 1 is 1.41 bits per heavy atom. The van der Waals surface area contributed by atoms with E-state index < -0.39 is 0 Å². The number of phenols is 1. The van der Waals surface area contributed by atoms with Crippen LogP contribution in [0.3, 0.4) is 0 Å². The highest BCUT2D eigenvalue weighted by Crippen LogP contribution is 2.24. The molecule has 0 aromatic heterocycles. The molecular weight excluding hydrogens is 218 g/mol. The van der Waals surface area contributed by atoms with Crippen LogP contribution in [0, 0.1) is 11.3 Å². The second-order valence-corrected chi connectivity index (χ2v) is 3.95. The van der Waals surface area contributed by atoms with E-state index in [1.54, 1.807) is 12.1 Å². The fourth-order valence-corrected chi connectivity index (χ4v) is 1.87. The zero-order valence-electron chi connectivity index (χ0n) is 9.23. The van der Waals surface area contributed by atoms with E-state index >= 15 is 0 Å². The van der Waals surface area contributed by atoms with Crippen molar-refractivity contribution >= 4 is 5.91 Å². The quantitative estimate of drug-likeness (QED) is 0.653. The smallest absolute Gasteiger partial charge is 0.221 e. The van der Waals surface area contributed by atoms with E-state index in [0.717, 1.165) is 5.56 Å². The minimum atomic E-state index is -0.106. The summed E-state index contributed by atoms with van der Waals surface area (Å²) in [7, 11) is 0. The third-order valence-electron chi connectivity index (χ3n) is 2.77. The first-order valence-corrected chi connectivity index (χ1v) is 5.44. The summed E-state index contributed by atoms with van der Waals surface area (Å²) in [6.45, 7) is 1.30. The minimum absolute atomic E-state index is 0.00779. The monoisotopic (exact) mass is 231 g/mol. The predicted molar refractivity (Wildman–Crippen MR) is 61.2 cm³/mol. The molecule has 1 aliphatic rings. The molecule has 1 aromatic carbocycles. The molecule has 17 heavy (non-hydrogen) atoms. The summed E-state index contributed by atoms with van der Waals surface area (Å²) in [6.07, 6.45) is 0.343. The zero-order valence-corrected chi connectivity index (χ0v) is 9.23. The molecule has 5 nitrogen and oxygen atoms in total. The van der Waals surface area contributed by atoms with Crippen molar-refractivity contribution in [2.45, 2.75) is 12.5 Å². The summed E-state index contributed by atoms with van der Waals surface area (Å²) < 4.78 is 0. The molecule has 0 bridgehead atoms. The van der Waals surface area contributed by atoms with Crippen LogP contribution in [0.5, 0.6) is 5.75 Å². The van der Waals surface area contributed by atoms with E-state index in [9.17, 15) is 9.90 Å². The standard InChI is InChI=1S/C12H13N3O2/c13-7-9-5-8(1-2-11(9)16)10-6-12(17)15-4-3-14-10/h1-2,5,10,14,16H,3-4,6H2,(H,15,17). The summed E-state index contributed by atoms with van der Waals surface area (Å²) in [6, 6.07) is 6.65. The molecule has 5 heteroatoms. The van der Waals surface area contributed by atoms with Gasteiger partial charge in [-0.3, -0.25) is 4.79 Å². The Bertz CT molecular complexity index is 479. The van der Waals surface area contributed by atoms with Gasteiger partial charge in [0, 0.05) is 25.6 Å². The highest BCUT2D eigenvalue weighted by Gasteiger charge is 2.19. The van der Waals surface area contributed by atoms with Crippen molar-refractivity contribution in [3.05, 3.63) is 29.3 Å². The lowest BCUT2D eigenvalue weighted by molar-refractivity contribution is -0.121. The van der Waals surface area contributed by atoms with Crippen LogP contribution >= 0.6 is 0 Å². The van der Waals surface area contributed by atoms with Crippen molar-refractivity contribution < 1.29 is 9.90 Å². The lowest BCUT2D eigenvalue weighted by Gasteiger charge is -2.15. The molecule has 1 saturated heterocycles. The molecule has 0 saturated carbocycles. The SMILES string of the molecule is N#Cc1cc(C2CC(=O)NCCN2)ccc1O. The fourth-order valence-electron chi connectivity index (χ4n) is 1.87. The molecule has 1 amide bonds. The number of nitriles is 1. The summed E-state index contributed by atoms with van der Waals surface area (Å²) in [5, 5.41) is 24.3. The van der Waals surface area contributed by atoms with Crippen molar-refractivity contribution in [3.8, 4) is 11.8 Å². The maximum Gasteiger partial charge on any atom is 0.221 e. The number of hydrogen-bond acceptors (Lipinski definition) is 4. The Hall–Kier alpha value is -2.06. The highest BCUT2D eigenvalue weighted by molar-refractivity contribution is 5.77. The molecule has 0 spiro atoms. The maximum atomic E-state index is 11.4. The van der Waals surface area contributed by atoms with Gasteiger partial charge in [0.2, 0.25) is 5.91 Å². The van der Waals surface area contributed by atoms with E-state index in [0.29, 0.717) is 19.5 Å². The lowest BCUT2D eigenvalue weighted by atomic mass is 10.0. The molecule has 88 valence electrons. The predicted octanol–water partition coefficient (Wildman–Crippen LogP) is 0.414. The first-order valence-electron chi connectivity index (χ1n) is 5.44. The van der Waals surface area contributed by atoms with Gasteiger partial charge in [-0.2, -0.15) is 5.26 Å². The Kier molecular flexibility index (Phi) is 3.26. The number of carbonyl (C=O) groups excluding carboxylic acids is 1. The fraction of sp³-hybridized carbons (Fsp3) is 0.333. The van der Waals surface area contributed by atoms with Gasteiger partial charge in [0.05, 0.1) is 5.56 Å². The number of carbonyl (C=O) groups is 1. The average molecular weight is 231 g/mol. The lowest BCUT2D eigenvalue weighted by Crippen LogP contribution is -2.24. The van der Waals surface area contributed by atoms with E-state index in [2.05, 4.69) is 10.6 Å². The molecule has 0 radical (unpaired) electrons. The molecule has 3 N–H and O–H groups in total. The number of nitrogens with one attached hydrogen (secondary N) is 2. The Morgan fingerprint density at radius 2 is 2.24 bits per heavy atom. The number of aromatic hydroxyl groups is 1. The van der Waals surface area contributed by atoms with Crippen LogP contribution in [-0.2, 0) is 4.79 Å². The van der Waals surface area contributed by atoms with Gasteiger partial charge in [0.25, 0.3) is 0 Å². The molecule has 1 fully saturated rings. The van der Waals surface area contributed by atoms with E-state index in [1.165, 1.54) is 6.07 Å². The molecule has 1 heterocycles. The number of nitrogens with zero attached hydrogens (tertiary/aromatic N) is 1. The van der Waals surface area contributed by atoms with Gasteiger partial charge in [0.1, 0.15) is 11.8 Å². The third kappa shape index (κ3) is 2.55. The normalized spacial score (nSPS) is 20.2. The van der Waals surface area contributed by atoms with Crippen molar-refractivity contribution in [3.63, 3.8) is 0 Å². The Morgan fingerprint density at radius 3 is 3.00 bits per heavy atom. The van der Waals surface area contributed by atoms with Gasteiger partial charge in [-0.1, -0.05) is 6.07 Å². The second-order valence-electron chi connectivity index (χ2n) is 3.95. The summed E-state index contributed by atoms with van der Waals surface area (Å²) >= 11 is 0. The largest absolute Gasteiger partial charge is 0.507 e.